The van der Waals surface area contributed by atoms with Crippen LogP contribution in [0.25, 0.3) is 5.69 Å². The van der Waals surface area contributed by atoms with E-state index in [9.17, 15) is 0 Å². The number of methoxy groups -OCH3 is 1. The van der Waals surface area contributed by atoms with Crippen molar-refractivity contribution < 1.29 is 4.74 Å². The molecule has 6 nitrogen and oxygen atoms in total. The van der Waals surface area contributed by atoms with Crippen LogP contribution in [-0.4, -0.2) is 29.4 Å². The highest BCUT2D eigenvalue weighted by atomic mass is 127. The molecule has 0 bridgehead atoms. The predicted molar refractivity (Wildman–Crippen MR) is 128 cm³/mol. The summed E-state index contributed by atoms with van der Waals surface area (Å²) in [5.41, 5.74) is 4.36. The molecule has 3 rings (SSSR count). The summed E-state index contributed by atoms with van der Waals surface area (Å²) in [6, 6.07) is 16.3. The van der Waals surface area contributed by atoms with Crippen LogP contribution in [0.5, 0.6) is 5.75 Å². The van der Waals surface area contributed by atoms with Gasteiger partial charge in [0, 0.05) is 30.4 Å². The van der Waals surface area contributed by atoms with Gasteiger partial charge in [-0.3, -0.25) is 0 Å². The standard InChI is InChI=1S/C22H27N5O.HI/c1-4-23-22(25-15-19-11-10-17(2)12-21(19)28-3)24-13-18-14-26-27(16-18)20-8-6-5-7-9-20;/h5-12,14,16H,4,13,15H2,1-3H3,(H2,23,24,25);1H. The first-order chi connectivity index (χ1) is 13.7. The van der Waals surface area contributed by atoms with Crippen LogP contribution in [0.4, 0.5) is 0 Å². The molecular formula is C22H28IN5O. The van der Waals surface area contributed by atoms with Crippen LogP contribution in [0.3, 0.4) is 0 Å². The molecule has 7 heteroatoms. The van der Waals surface area contributed by atoms with Crippen LogP contribution in [0.15, 0.2) is 65.9 Å². The lowest BCUT2D eigenvalue weighted by Crippen LogP contribution is -2.36. The zero-order valence-electron chi connectivity index (χ0n) is 17.1. The largest absolute Gasteiger partial charge is 0.496 e. The number of ether oxygens (including phenoxy) is 1. The summed E-state index contributed by atoms with van der Waals surface area (Å²) >= 11 is 0. The summed E-state index contributed by atoms with van der Waals surface area (Å²) < 4.78 is 7.34. The molecule has 0 atom stereocenters. The summed E-state index contributed by atoms with van der Waals surface area (Å²) in [5, 5.41) is 11.1. The summed E-state index contributed by atoms with van der Waals surface area (Å²) in [6.45, 7) is 6.09. The van der Waals surface area contributed by atoms with Gasteiger partial charge in [-0.2, -0.15) is 5.10 Å². The van der Waals surface area contributed by atoms with E-state index in [-0.39, 0.29) is 24.0 Å². The zero-order chi connectivity index (χ0) is 19.8. The molecule has 3 aromatic rings. The van der Waals surface area contributed by atoms with Crippen LogP contribution >= 0.6 is 24.0 Å². The fraction of sp³-hybridized carbons (Fsp3) is 0.273. The van der Waals surface area contributed by atoms with Crippen molar-refractivity contribution in [3.8, 4) is 11.4 Å². The number of hydrogen-bond donors (Lipinski definition) is 2. The van der Waals surface area contributed by atoms with E-state index >= 15 is 0 Å². The Balaban J connectivity index is 0.00000300. The lowest BCUT2D eigenvalue weighted by Gasteiger charge is -2.13. The number of aliphatic imine (C=N–C) groups is 1. The Labute approximate surface area is 189 Å². The number of benzene rings is 2. The number of rotatable bonds is 7. The summed E-state index contributed by atoms with van der Waals surface area (Å²) in [4.78, 5) is 4.68. The Morgan fingerprint density at radius 1 is 1.14 bits per heavy atom. The molecule has 1 heterocycles. The number of para-hydroxylation sites is 1. The van der Waals surface area contributed by atoms with Crippen molar-refractivity contribution in [1.82, 2.24) is 20.4 Å². The van der Waals surface area contributed by atoms with Crippen LogP contribution in [0, 0.1) is 6.92 Å². The second-order valence-corrected chi connectivity index (χ2v) is 6.49. The third kappa shape index (κ3) is 6.49. The minimum absolute atomic E-state index is 0. The van der Waals surface area contributed by atoms with E-state index in [2.05, 4.69) is 46.7 Å². The molecule has 1 aromatic heterocycles. The molecule has 2 aromatic carbocycles. The normalized spacial score (nSPS) is 10.9. The molecule has 0 radical (unpaired) electrons. The minimum Gasteiger partial charge on any atom is -0.496 e. The first kappa shape index (κ1) is 22.7. The Morgan fingerprint density at radius 2 is 1.93 bits per heavy atom. The summed E-state index contributed by atoms with van der Waals surface area (Å²) in [6.07, 6.45) is 3.86. The van der Waals surface area contributed by atoms with Crippen LogP contribution in [-0.2, 0) is 13.1 Å². The van der Waals surface area contributed by atoms with Crippen molar-refractivity contribution in [3.63, 3.8) is 0 Å². The van der Waals surface area contributed by atoms with Gasteiger partial charge in [-0.25, -0.2) is 9.67 Å². The minimum atomic E-state index is 0. The van der Waals surface area contributed by atoms with Crippen molar-refractivity contribution in [2.75, 3.05) is 13.7 Å². The average molecular weight is 505 g/mol. The fourth-order valence-corrected chi connectivity index (χ4v) is 2.85. The molecule has 154 valence electrons. The average Bonchev–Trinajstić information content (AvgIpc) is 3.20. The third-order valence-corrected chi connectivity index (χ3v) is 4.31. The third-order valence-electron chi connectivity index (χ3n) is 4.31. The maximum Gasteiger partial charge on any atom is 0.191 e. The van der Waals surface area contributed by atoms with Crippen molar-refractivity contribution in [2.45, 2.75) is 26.9 Å². The number of halogens is 1. The Hall–Kier alpha value is -2.55. The number of aryl methyl sites for hydroxylation is 1. The highest BCUT2D eigenvalue weighted by molar-refractivity contribution is 14.0. The van der Waals surface area contributed by atoms with Gasteiger partial charge < -0.3 is 15.4 Å². The van der Waals surface area contributed by atoms with Crippen molar-refractivity contribution in [3.05, 3.63) is 77.6 Å². The molecule has 2 N–H and O–H groups in total. The summed E-state index contributed by atoms with van der Waals surface area (Å²) in [5.74, 6) is 1.64. The summed E-state index contributed by atoms with van der Waals surface area (Å²) in [7, 11) is 1.70. The van der Waals surface area contributed by atoms with E-state index in [1.165, 1.54) is 5.56 Å². The highest BCUT2D eigenvalue weighted by Crippen LogP contribution is 2.19. The first-order valence-corrected chi connectivity index (χ1v) is 9.44. The van der Waals surface area contributed by atoms with Gasteiger partial charge in [0.2, 0.25) is 0 Å². The molecule has 0 spiro atoms. The van der Waals surface area contributed by atoms with Crippen molar-refractivity contribution in [1.29, 1.82) is 0 Å². The molecule has 0 aliphatic carbocycles. The molecular weight excluding hydrogens is 477 g/mol. The number of aromatic nitrogens is 2. The van der Waals surface area contributed by atoms with Gasteiger partial charge in [-0.1, -0.05) is 30.3 Å². The smallest absolute Gasteiger partial charge is 0.191 e. The molecule has 0 aliphatic heterocycles. The Kier molecular flexibility index (Phi) is 8.98. The van der Waals surface area contributed by atoms with Crippen LogP contribution in [0.1, 0.15) is 23.6 Å². The van der Waals surface area contributed by atoms with Crippen LogP contribution in [0.2, 0.25) is 0 Å². The SMILES string of the molecule is CCNC(=NCc1cnn(-c2ccccc2)c1)NCc1ccc(C)cc1OC.I. The Bertz CT molecular complexity index is 924. The fourth-order valence-electron chi connectivity index (χ4n) is 2.85. The van der Waals surface area contributed by atoms with Gasteiger partial charge in [0.25, 0.3) is 0 Å². The van der Waals surface area contributed by atoms with Gasteiger partial charge in [-0.05, 0) is 37.6 Å². The Morgan fingerprint density at radius 3 is 2.66 bits per heavy atom. The number of nitrogens with one attached hydrogen (secondary N) is 2. The van der Waals surface area contributed by atoms with Gasteiger partial charge in [0.15, 0.2) is 5.96 Å². The predicted octanol–water partition coefficient (Wildman–Crippen LogP) is 4.06. The van der Waals surface area contributed by atoms with Gasteiger partial charge in [-0.15, -0.1) is 24.0 Å². The number of nitrogens with zero attached hydrogens (tertiary/aromatic N) is 3. The van der Waals surface area contributed by atoms with Gasteiger partial charge in [0.1, 0.15) is 5.75 Å². The molecule has 29 heavy (non-hydrogen) atoms. The highest BCUT2D eigenvalue weighted by Gasteiger charge is 2.05. The molecule has 0 saturated heterocycles. The lowest BCUT2D eigenvalue weighted by molar-refractivity contribution is 0.408. The number of hydrogen-bond acceptors (Lipinski definition) is 3. The van der Waals surface area contributed by atoms with E-state index in [4.69, 9.17) is 4.74 Å². The molecule has 0 saturated carbocycles. The van der Waals surface area contributed by atoms with E-state index in [0.717, 1.165) is 35.1 Å². The second kappa shape index (κ2) is 11.5. The molecule has 0 fully saturated rings. The molecule has 0 amide bonds. The van der Waals surface area contributed by atoms with Crippen LogP contribution < -0.4 is 15.4 Å². The lowest BCUT2D eigenvalue weighted by atomic mass is 10.1. The van der Waals surface area contributed by atoms with Crippen molar-refractivity contribution in [2.24, 2.45) is 4.99 Å². The number of guanidine groups is 1. The first-order valence-electron chi connectivity index (χ1n) is 9.44. The van der Waals surface area contributed by atoms with E-state index in [1.807, 2.05) is 53.5 Å². The van der Waals surface area contributed by atoms with Gasteiger partial charge >= 0.3 is 0 Å². The van der Waals surface area contributed by atoms with Gasteiger partial charge in [0.05, 0.1) is 25.5 Å². The quantitative estimate of drug-likeness (QED) is 0.289. The maximum absolute atomic E-state index is 5.48. The maximum atomic E-state index is 5.48. The van der Waals surface area contributed by atoms with E-state index in [0.29, 0.717) is 13.1 Å². The topological polar surface area (TPSA) is 63.5 Å². The zero-order valence-corrected chi connectivity index (χ0v) is 19.4. The van der Waals surface area contributed by atoms with E-state index in [1.54, 1.807) is 7.11 Å². The second-order valence-electron chi connectivity index (χ2n) is 6.49. The van der Waals surface area contributed by atoms with Crippen molar-refractivity contribution >= 4 is 29.9 Å². The monoisotopic (exact) mass is 505 g/mol. The molecule has 0 aliphatic rings. The molecule has 0 unspecified atom stereocenters. The van der Waals surface area contributed by atoms with E-state index < -0.39 is 0 Å².